The molecule has 4 heteroatoms. The fourth-order valence-corrected chi connectivity index (χ4v) is 2.54. The van der Waals surface area contributed by atoms with Crippen LogP contribution in [0.3, 0.4) is 0 Å². The second-order valence-corrected chi connectivity index (χ2v) is 4.86. The van der Waals surface area contributed by atoms with Gasteiger partial charge in [0, 0.05) is 13.1 Å². The first-order valence-electron chi connectivity index (χ1n) is 6.94. The van der Waals surface area contributed by atoms with Gasteiger partial charge in [-0.2, -0.15) is 0 Å². The van der Waals surface area contributed by atoms with Gasteiger partial charge in [0.1, 0.15) is 5.75 Å². The molecule has 1 aromatic rings. The largest absolute Gasteiger partial charge is 0.497 e. The van der Waals surface area contributed by atoms with Gasteiger partial charge in [0.25, 0.3) is 0 Å². The molecular formula is C15H22N2O2. The summed E-state index contributed by atoms with van der Waals surface area (Å²) >= 11 is 0. The number of hydrogen-bond donors (Lipinski definition) is 1. The maximum Gasteiger partial charge on any atom is 0.317 e. The van der Waals surface area contributed by atoms with E-state index < -0.39 is 0 Å². The Hall–Kier alpha value is -1.71. The highest BCUT2D eigenvalue weighted by Gasteiger charge is 2.29. The van der Waals surface area contributed by atoms with Crippen molar-refractivity contribution < 1.29 is 9.53 Å². The smallest absolute Gasteiger partial charge is 0.317 e. The van der Waals surface area contributed by atoms with Gasteiger partial charge in [-0.25, -0.2) is 4.79 Å². The second kappa shape index (κ2) is 6.45. The van der Waals surface area contributed by atoms with Crippen LogP contribution in [0, 0.1) is 0 Å². The van der Waals surface area contributed by atoms with Gasteiger partial charge in [-0.1, -0.05) is 19.1 Å². The number of nitrogens with one attached hydrogen (secondary N) is 1. The standard InChI is InChI=1S/C15H22N2O2/c1-3-9-16-15(18)17-10-5-8-14(17)12-6-4-7-13(11-12)19-2/h4,6-7,11,14H,3,5,8-10H2,1-2H3,(H,16,18). The van der Waals surface area contributed by atoms with E-state index in [0.29, 0.717) is 0 Å². The van der Waals surface area contributed by atoms with E-state index in [1.807, 2.05) is 23.1 Å². The van der Waals surface area contributed by atoms with Crippen LogP contribution in [0.1, 0.15) is 37.8 Å². The molecule has 0 spiro atoms. The molecule has 1 aromatic carbocycles. The average Bonchev–Trinajstić information content (AvgIpc) is 2.94. The van der Waals surface area contributed by atoms with Gasteiger partial charge in [-0.3, -0.25) is 0 Å². The van der Waals surface area contributed by atoms with Crippen molar-refractivity contribution in [2.75, 3.05) is 20.2 Å². The van der Waals surface area contributed by atoms with E-state index in [0.717, 1.165) is 43.7 Å². The Morgan fingerprint density at radius 2 is 2.37 bits per heavy atom. The van der Waals surface area contributed by atoms with E-state index in [1.165, 1.54) is 0 Å². The molecule has 0 aromatic heterocycles. The molecule has 0 saturated carbocycles. The van der Waals surface area contributed by atoms with Crippen LogP contribution in [-0.2, 0) is 0 Å². The summed E-state index contributed by atoms with van der Waals surface area (Å²) in [6.45, 7) is 3.63. The molecule has 1 heterocycles. The molecular weight excluding hydrogens is 240 g/mol. The van der Waals surface area contributed by atoms with Gasteiger partial charge < -0.3 is 15.0 Å². The maximum absolute atomic E-state index is 12.1. The molecule has 1 aliphatic heterocycles. The third-order valence-corrected chi connectivity index (χ3v) is 3.52. The SMILES string of the molecule is CCCNC(=O)N1CCCC1c1cccc(OC)c1. The summed E-state index contributed by atoms with van der Waals surface area (Å²) < 4.78 is 5.26. The maximum atomic E-state index is 12.1. The predicted octanol–water partition coefficient (Wildman–Crippen LogP) is 2.95. The molecule has 19 heavy (non-hydrogen) atoms. The number of carbonyl (C=O) groups is 1. The van der Waals surface area contributed by atoms with E-state index in [4.69, 9.17) is 4.74 Å². The highest BCUT2D eigenvalue weighted by atomic mass is 16.5. The van der Waals surface area contributed by atoms with Crippen LogP contribution in [0.4, 0.5) is 4.79 Å². The highest BCUT2D eigenvalue weighted by Crippen LogP contribution is 2.33. The zero-order valence-electron chi connectivity index (χ0n) is 11.7. The van der Waals surface area contributed by atoms with Gasteiger partial charge in [0.05, 0.1) is 13.2 Å². The molecule has 1 atom stereocenters. The lowest BCUT2D eigenvalue weighted by Crippen LogP contribution is -2.39. The number of rotatable bonds is 4. The number of likely N-dealkylation sites (tertiary alicyclic amines) is 1. The van der Waals surface area contributed by atoms with Crippen molar-refractivity contribution in [2.24, 2.45) is 0 Å². The van der Waals surface area contributed by atoms with Gasteiger partial charge in [-0.05, 0) is 37.0 Å². The van der Waals surface area contributed by atoms with E-state index in [-0.39, 0.29) is 12.1 Å². The van der Waals surface area contributed by atoms with Crippen molar-refractivity contribution in [3.63, 3.8) is 0 Å². The van der Waals surface area contributed by atoms with Gasteiger partial charge in [0.2, 0.25) is 0 Å². The Kier molecular flexibility index (Phi) is 4.66. The number of urea groups is 1. The van der Waals surface area contributed by atoms with Gasteiger partial charge >= 0.3 is 6.03 Å². The first kappa shape index (κ1) is 13.7. The molecule has 0 aliphatic carbocycles. The number of carbonyl (C=O) groups excluding carboxylic acids is 1. The third-order valence-electron chi connectivity index (χ3n) is 3.52. The minimum atomic E-state index is 0.0483. The molecule has 4 nitrogen and oxygen atoms in total. The summed E-state index contributed by atoms with van der Waals surface area (Å²) in [4.78, 5) is 14.1. The van der Waals surface area contributed by atoms with Gasteiger partial charge in [-0.15, -0.1) is 0 Å². The summed E-state index contributed by atoms with van der Waals surface area (Å²) in [7, 11) is 1.67. The fourth-order valence-electron chi connectivity index (χ4n) is 2.54. The predicted molar refractivity (Wildman–Crippen MR) is 75.4 cm³/mol. The zero-order chi connectivity index (χ0) is 13.7. The van der Waals surface area contributed by atoms with Crippen LogP contribution in [0.5, 0.6) is 5.75 Å². The van der Waals surface area contributed by atoms with Crippen LogP contribution in [-0.4, -0.2) is 31.1 Å². The summed E-state index contributed by atoms with van der Waals surface area (Å²) in [6, 6.07) is 8.22. The Bertz CT molecular complexity index is 434. The number of ether oxygens (including phenoxy) is 1. The van der Waals surface area contributed by atoms with Crippen molar-refractivity contribution in [1.29, 1.82) is 0 Å². The van der Waals surface area contributed by atoms with Crippen LogP contribution >= 0.6 is 0 Å². The minimum absolute atomic E-state index is 0.0483. The van der Waals surface area contributed by atoms with E-state index in [9.17, 15) is 4.79 Å². The summed E-state index contributed by atoms with van der Waals surface area (Å²) in [5.74, 6) is 0.846. The second-order valence-electron chi connectivity index (χ2n) is 4.86. The van der Waals surface area contributed by atoms with Crippen LogP contribution < -0.4 is 10.1 Å². The molecule has 0 radical (unpaired) electrons. The van der Waals surface area contributed by atoms with Crippen LogP contribution in [0.2, 0.25) is 0 Å². The van der Waals surface area contributed by atoms with Crippen molar-refractivity contribution in [1.82, 2.24) is 10.2 Å². The monoisotopic (exact) mass is 262 g/mol. The minimum Gasteiger partial charge on any atom is -0.497 e. The van der Waals surface area contributed by atoms with E-state index >= 15 is 0 Å². The van der Waals surface area contributed by atoms with Crippen LogP contribution in [0.25, 0.3) is 0 Å². The summed E-state index contributed by atoms with van der Waals surface area (Å²) in [6.07, 6.45) is 3.04. The lowest BCUT2D eigenvalue weighted by molar-refractivity contribution is 0.193. The first-order valence-corrected chi connectivity index (χ1v) is 6.94. The van der Waals surface area contributed by atoms with Crippen LogP contribution in [0.15, 0.2) is 24.3 Å². The molecule has 2 amide bonds. The molecule has 104 valence electrons. The molecule has 1 N–H and O–H groups in total. The van der Waals surface area contributed by atoms with E-state index in [1.54, 1.807) is 7.11 Å². The fraction of sp³-hybridized carbons (Fsp3) is 0.533. The Morgan fingerprint density at radius 1 is 1.53 bits per heavy atom. The van der Waals surface area contributed by atoms with Crippen molar-refractivity contribution in [3.8, 4) is 5.75 Å². The van der Waals surface area contributed by atoms with Crippen molar-refractivity contribution in [2.45, 2.75) is 32.2 Å². The third kappa shape index (κ3) is 3.19. The lowest BCUT2D eigenvalue weighted by Gasteiger charge is -2.25. The van der Waals surface area contributed by atoms with Crippen molar-refractivity contribution >= 4 is 6.03 Å². The highest BCUT2D eigenvalue weighted by molar-refractivity contribution is 5.75. The number of benzene rings is 1. The quantitative estimate of drug-likeness (QED) is 0.906. The summed E-state index contributed by atoms with van der Waals surface area (Å²) in [5, 5.41) is 2.96. The normalized spacial score (nSPS) is 18.4. The van der Waals surface area contributed by atoms with Gasteiger partial charge in [0.15, 0.2) is 0 Å². The Morgan fingerprint density at radius 3 is 3.11 bits per heavy atom. The number of amides is 2. The molecule has 1 unspecified atom stereocenters. The molecule has 0 bridgehead atoms. The lowest BCUT2D eigenvalue weighted by atomic mass is 10.0. The topological polar surface area (TPSA) is 41.6 Å². The van der Waals surface area contributed by atoms with E-state index in [2.05, 4.69) is 18.3 Å². The Balaban J connectivity index is 2.11. The number of methoxy groups -OCH3 is 1. The number of hydrogen-bond acceptors (Lipinski definition) is 2. The molecule has 1 saturated heterocycles. The zero-order valence-corrected chi connectivity index (χ0v) is 11.7. The molecule has 1 aliphatic rings. The van der Waals surface area contributed by atoms with Crippen molar-refractivity contribution in [3.05, 3.63) is 29.8 Å². The molecule has 1 fully saturated rings. The average molecular weight is 262 g/mol. The summed E-state index contributed by atoms with van der Waals surface area (Å²) in [5.41, 5.74) is 1.16. The molecule has 2 rings (SSSR count). The Labute approximate surface area is 114 Å². The first-order chi connectivity index (χ1) is 9.26. The number of nitrogens with zero attached hydrogens (tertiary/aromatic N) is 1.